The number of sulfone groups is 1. The summed E-state index contributed by atoms with van der Waals surface area (Å²) in [6, 6.07) is 14.4. The van der Waals surface area contributed by atoms with E-state index in [1.54, 1.807) is 0 Å². The monoisotopic (exact) mass is 549 g/mol. The average molecular weight is 550 g/mol. The second kappa shape index (κ2) is 10.9. The van der Waals surface area contributed by atoms with Crippen molar-refractivity contribution in [2.45, 2.75) is 57.4 Å². The van der Waals surface area contributed by atoms with Crippen LogP contribution in [0.1, 0.15) is 62.8 Å². The van der Waals surface area contributed by atoms with Gasteiger partial charge in [0, 0.05) is 50.9 Å². The van der Waals surface area contributed by atoms with Gasteiger partial charge in [-0.3, -0.25) is 4.90 Å². The Labute approximate surface area is 233 Å². The minimum Gasteiger partial charge on any atom is -0.369 e. The van der Waals surface area contributed by atoms with Gasteiger partial charge in [-0.05, 0) is 99.5 Å². The predicted octanol–water partition coefficient (Wildman–Crippen LogP) is 4.53. The summed E-state index contributed by atoms with van der Waals surface area (Å²) in [6.45, 7) is 11.0. The molecule has 39 heavy (non-hydrogen) atoms. The van der Waals surface area contributed by atoms with Crippen LogP contribution >= 0.6 is 0 Å². The van der Waals surface area contributed by atoms with Crippen LogP contribution in [0.15, 0.2) is 36.4 Å². The normalized spacial score (nSPS) is 21.7. The molecular weight excluding hydrogens is 506 g/mol. The number of aromatic nitrogens is 2. The Kier molecular flexibility index (Phi) is 7.46. The van der Waals surface area contributed by atoms with Gasteiger partial charge in [-0.2, -0.15) is 0 Å². The molecule has 8 heteroatoms. The van der Waals surface area contributed by atoms with Crippen molar-refractivity contribution in [3.8, 4) is 11.1 Å². The van der Waals surface area contributed by atoms with Crippen molar-refractivity contribution < 1.29 is 8.42 Å². The van der Waals surface area contributed by atoms with E-state index in [0.717, 1.165) is 63.5 Å². The minimum atomic E-state index is -2.90. The van der Waals surface area contributed by atoms with E-state index in [1.165, 1.54) is 27.9 Å². The highest BCUT2D eigenvalue weighted by Crippen LogP contribution is 2.38. The molecule has 1 aromatic heterocycles. The molecule has 0 bridgehead atoms. The molecule has 7 nitrogen and oxygen atoms in total. The highest BCUT2D eigenvalue weighted by Gasteiger charge is 2.29. The first kappa shape index (κ1) is 26.8. The predicted molar refractivity (Wildman–Crippen MR) is 161 cm³/mol. The fourth-order valence-corrected chi connectivity index (χ4v) is 8.31. The Morgan fingerprint density at radius 1 is 0.872 bits per heavy atom. The van der Waals surface area contributed by atoms with Gasteiger partial charge in [0.1, 0.15) is 15.7 Å². The van der Waals surface area contributed by atoms with Crippen molar-refractivity contribution in [1.82, 2.24) is 19.8 Å². The van der Waals surface area contributed by atoms with Crippen molar-refractivity contribution in [3.05, 3.63) is 47.8 Å². The standard InChI is InChI=1S/C31H43N5O2S/c1-22(2)35-14-16-36(17-15-35)27-6-4-23(5-7-27)26-20-28(24-8-12-32-13-9-24)30-29(21-26)34(3)31(33-30)25-10-18-39(37,38)19-11-25/h4-7,20-22,24-25,32H,8-19H2,1-3H3. The lowest BCUT2D eigenvalue weighted by Gasteiger charge is -2.38. The Balaban J connectivity index is 1.33. The molecule has 6 rings (SSSR count). The van der Waals surface area contributed by atoms with Gasteiger partial charge in [-0.1, -0.05) is 12.1 Å². The molecule has 0 unspecified atom stereocenters. The quantitative estimate of drug-likeness (QED) is 0.504. The number of hydrogen-bond donors (Lipinski definition) is 1. The number of imidazole rings is 1. The van der Waals surface area contributed by atoms with Gasteiger partial charge in [0.25, 0.3) is 0 Å². The van der Waals surface area contributed by atoms with Crippen LogP contribution in [-0.2, 0) is 16.9 Å². The van der Waals surface area contributed by atoms with E-state index in [4.69, 9.17) is 4.98 Å². The lowest BCUT2D eigenvalue weighted by atomic mass is 9.87. The van der Waals surface area contributed by atoms with Crippen LogP contribution in [0.2, 0.25) is 0 Å². The van der Waals surface area contributed by atoms with E-state index in [9.17, 15) is 8.42 Å². The average Bonchev–Trinajstić information content (AvgIpc) is 3.29. The van der Waals surface area contributed by atoms with Crippen LogP contribution in [0.5, 0.6) is 0 Å². The highest BCUT2D eigenvalue weighted by molar-refractivity contribution is 7.91. The molecule has 1 N–H and O–H groups in total. The van der Waals surface area contributed by atoms with Gasteiger partial charge >= 0.3 is 0 Å². The fourth-order valence-electron chi connectivity index (χ4n) is 6.82. The topological polar surface area (TPSA) is 70.5 Å². The highest BCUT2D eigenvalue weighted by atomic mass is 32.2. The summed E-state index contributed by atoms with van der Waals surface area (Å²) < 4.78 is 26.4. The Morgan fingerprint density at radius 2 is 1.54 bits per heavy atom. The largest absolute Gasteiger partial charge is 0.369 e. The van der Waals surface area contributed by atoms with E-state index in [1.807, 2.05) is 0 Å². The third-order valence-electron chi connectivity index (χ3n) is 9.36. The summed E-state index contributed by atoms with van der Waals surface area (Å²) >= 11 is 0. The van der Waals surface area contributed by atoms with Gasteiger partial charge in [0.05, 0.1) is 22.5 Å². The zero-order valence-electron chi connectivity index (χ0n) is 23.7. The maximum atomic E-state index is 12.1. The summed E-state index contributed by atoms with van der Waals surface area (Å²) in [6.07, 6.45) is 3.57. The molecule has 3 aliphatic rings. The van der Waals surface area contributed by atoms with Crippen LogP contribution in [-0.4, -0.2) is 79.7 Å². The Morgan fingerprint density at radius 3 is 2.18 bits per heavy atom. The molecule has 4 heterocycles. The van der Waals surface area contributed by atoms with E-state index in [0.29, 0.717) is 24.8 Å². The van der Waals surface area contributed by atoms with Gasteiger partial charge in [-0.25, -0.2) is 13.4 Å². The molecule has 3 aromatic rings. The lowest BCUT2D eigenvalue weighted by molar-refractivity contribution is 0.209. The summed E-state index contributed by atoms with van der Waals surface area (Å²) in [5, 5.41) is 3.51. The molecule has 0 spiro atoms. The molecular formula is C31H43N5O2S. The molecule has 3 saturated heterocycles. The van der Waals surface area contributed by atoms with Crippen LogP contribution in [0.25, 0.3) is 22.2 Å². The summed E-state index contributed by atoms with van der Waals surface area (Å²) in [7, 11) is -0.788. The van der Waals surface area contributed by atoms with Gasteiger partial charge in [0.15, 0.2) is 0 Å². The third-order valence-corrected chi connectivity index (χ3v) is 11.1. The van der Waals surface area contributed by atoms with E-state index in [2.05, 4.69) is 77.0 Å². The lowest BCUT2D eigenvalue weighted by Crippen LogP contribution is -2.48. The second-order valence-electron chi connectivity index (χ2n) is 12.1. The third kappa shape index (κ3) is 5.48. The molecule has 210 valence electrons. The smallest absolute Gasteiger partial charge is 0.150 e. The molecule has 0 amide bonds. The van der Waals surface area contributed by atoms with Crippen LogP contribution in [0.3, 0.4) is 0 Å². The molecule has 3 fully saturated rings. The number of fused-ring (bicyclic) bond motifs is 1. The van der Waals surface area contributed by atoms with Crippen molar-refractivity contribution in [2.24, 2.45) is 7.05 Å². The number of hydrogen-bond acceptors (Lipinski definition) is 6. The molecule has 0 radical (unpaired) electrons. The van der Waals surface area contributed by atoms with Gasteiger partial charge < -0.3 is 14.8 Å². The Hall–Kier alpha value is -2.42. The van der Waals surface area contributed by atoms with Crippen LogP contribution in [0, 0.1) is 0 Å². The number of piperidine rings is 1. The van der Waals surface area contributed by atoms with Crippen molar-refractivity contribution in [3.63, 3.8) is 0 Å². The zero-order chi connectivity index (χ0) is 27.1. The van der Waals surface area contributed by atoms with Gasteiger partial charge in [-0.15, -0.1) is 0 Å². The van der Waals surface area contributed by atoms with E-state index in [-0.39, 0.29) is 17.4 Å². The first-order chi connectivity index (χ1) is 18.8. The summed E-state index contributed by atoms with van der Waals surface area (Å²) in [5.74, 6) is 2.27. The van der Waals surface area contributed by atoms with Crippen molar-refractivity contribution in [1.29, 1.82) is 0 Å². The number of aryl methyl sites for hydroxylation is 1. The number of piperazine rings is 1. The minimum absolute atomic E-state index is 0.200. The summed E-state index contributed by atoms with van der Waals surface area (Å²) in [4.78, 5) is 10.3. The first-order valence-electron chi connectivity index (χ1n) is 14.8. The Bertz CT molecular complexity index is 1400. The number of nitrogens with zero attached hydrogens (tertiary/aromatic N) is 4. The fraction of sp³-hybridized carbons (Fsp3) is 0.581. The summed E-state index contributed by atoms with van der Waals surface area (Å²) in [5.41, 5.74) is 7.41. The number of benzene rings is 2. The number of nitrogens with one attached hydrogen (secondary N) is 1. The molecule has 0 aliphatic carbocycles. The van der Waals surface area contributed by atoms with Crippen LogP contribution in [0.4, 0.5) is 5.69 Å². The van der Waals surface area contributed by atoms with Crippen LogP contribution < -0.4 is 10.2 Å². The van der Waals surface area contributed by atoms with E-state index >= 15 is 0 Å². The van der Waals surface area contributed by atoms with Crippen molar-refractivity contribution >= 4 is 26.6 Å². The molecule has 3 aliphatic heterocycles. The molecule has 2 aromatic carbocycles. The zero-order valence-corrected chi connectivity index (χ0v) is 24.5. The van der Waals surface area contributed by atoms with Crippen molar-refractivity contribution in [2.75, 3.05) is 55.7 Å². The molecule has 0 saturated carbocycles. The van der Waals surface area contributed by atoms with Gasteiger partial charge in [0.2, 0.25) is 0 Å². The second-order valence-corrected chi connectivity index (χ2v) is 14.4. The number of anilines is 1. The maximum absolute atomic E-state index is 12.1. The number of rotatable bonds is 5. The first-order valence-corrected chi connectivity index (χ1v) is 16.6. The molecule has 0 atom stereocenters. The maximum Gasteiger partial charge on any atom is 0.150 e. The van der Waals surface area contributed by atoms with E-state index < -0.39 is 9.84 Å². The SMILES string of the molecule is CC(C)N1CCN(c2ccc(-c3cc(C4CCNCC4)c4nc(C5CCS(=O)(=O)CC5)n(C)c4c3)cc2)CC1.